The normalized spacial score (nSPS) is 20.7. The van der Waals surface area contributed by atoms with Gasteiger partial charge >= 0.3 is 11.9 Å². The van der Waals surface area contributed by atoms with E-state index in [2.05, 4.69) is 4.99 Å². The third kappa shape index (κ3) is 3.50. The van der Waals surface area contributed by atoms with Crippen LogP contribution >= 0.6 is 0 Å². The molecule has 1 aliphatic rings. The number of aliphatic imine (C=N–C) groups is 1. The first-order valence-electron chi connectivity index (χ1n) is 7.67. The van der Waals surface area contributed by atoms with Crippen molar-refractivity contribution < 1.29 is 19.8 Å². The summed E-state index contributed by atoms with van der Waals surface area (Å²) < 4.78 is 0. The van der Waals surface area contributed by atoms with Gasteiger partial charge in [0.15, 0.2) is 0 Å². The zero-order valence-corrected chi connectivity index (χ0v) is 14.1. The molecule has 0 fully saturated rings. The Labute approximate surface area is 145 Å². The molecule has 2 rings (SSSR count). The van der Waals surface area contributed by atoms with E-state index >= 15 is 0 Å². The predicted octanol–water partition coefficient (Wildman–Crippen LogP) is 3.23. The van der Waals surface area contributed by atoms with Gasteiger partial charge in [0.1, 0.15) is 5.92 Å². The quantitative estimate of drug-likeness (QED) is 0.819. The summed E-state index contributed by atoms with van der Waals surface area (Å²) in [5, 5.41) is 28.4. The summed E-state index contributed by atoms with van der Waals surface area (Å²) in [7, 11) is 0. The predicted molar refractivity (Wildman–Crippen MR) is 93.0 cm³/mol. The first-order chi connectivity index (χ1) is 11.8. The van der Waals surface area contributed by atoms with Crippen molar-refractivity contribution in [3.8, 4) is 6.07 Å². The summed E-state index contributed by atoms with van der Waals surface area (Å²) in [6.45, 7) is 4.79. The van der Waals surface area contributed by atoms with Crippen LogP contribution in [0.3, 0.4) is 0 Å². The smallest absolute Gasteiger partial charge is 0.334 e. The highest BCUT2D eigenvalue weighted by Gasteiger charge is 2.41. The van der Waals surface area contributed by atoms with E-state index in [1.165, 1.54) is 0 Å². The topological polar surface area (TPSA) is 111 Å². The number of benzene rings is 1. The van der Waals surface area contributed by atoms with Gasteiger partial charge in [-0.05, 0) is 38.0 Å². The number of carboxylic acids is 2. The molecule has 1 aromatic carbocycles. The van der Waals surface area contributed by atoms with Crippen molar-refractivity contribution in [2.45, 2.75) is 26.7 Å². The number of nitrogens with zero attached hydrogens (tertiary/aromatic N) is 2. The number of allylic oxidation sites excluding steroid dienone is 2. The van der Waals surface area contributed by atoms with Crippen LogP contribution in [0.25, 0.3) is 6.08 Å². The second kappa shape index (κ2) is 7.14. The van der Waals surface area contributed by atoms with Crippen molar-refractivity contribution in [2.24, 2.45) is 10.9 Å². The molecule has 1 heterocycles. The number of carboxylic acid groups (broad SMARTS) is 2. The van der Waals surface area contributed by atoms with Crippen LogP contribution < -0.4 is 0 Å². The van der Waals surface area contributed by atoms with Gasteiger partial charge < -0.3 is 10.2 Å². The lowest BCUT2D eigenvalue weighted by molar-refractivity contribution is -0.140. The summed E-state index contributed by atoms with van der Waals surface area (Å²) in [5.41, 5.74) is 2.24. The van der Waals surface area contributed by atoms with Crippen LogP contribution in [0.1, 0.15) is 37.8 Å². The van der Waals surface area contributed by atoms with Crippen LogP contribution in [0.15, 0.2) is 46.1 Å². The molecule has 0 saturated carbocycles. The first-order valence-corrected chi connectivity index (χ1v) is 7.67. The Morgan fingerprint density at radius 3 is 2.44 bits per heavy atom. The van der Waals surface area contributed by atoms with Gasteiger partial charge in [0.2, 0.25) is 0 Å². The Hall–Kier alpha value is -3.20. The van der Waals surface area contributed by atoms with Crippen LogP contribution in [0, 0.1) is 17.2 Å². The van der Waals surface area contributed by atoms with Gasteiger partial charge in [-0.15, -0.1) is 0 Å². The molecule has 6 heteroatoms. The molecule has 0 spiro atoms. The molecule has 2 N–H and O–H groups in total. The second-order valence-electron chi connectivity index (χ2n) is 5.92. The summed E-state index contributed by atoms with van der Waals surface area (Å²) in [5.74, 6) is -4.28. The maximum absolute atomic E-state index is 11.8. The molecule has 0 saturated heterocycles. The van der Waals surface area contributed by atoms with E-state index in [4.69, 9.17) is 5.26 Å². The lowest BCUT2D eigenvalue weighted by atomic mass is 9.74. The lowest BCUT2D eigenvalue weighted by Gasteiger charge is -2.30. The number of nitriles is 1. The maximum atomic E-state index is 11.8. The molecule has 128 valence electrons. The second-order valence-corrected chi connectivity index (χ2v) is 5.92. The minimum atomic E-state index is -1.19. The van der Waals surface area contributed by atoms with Gasteiger partial charge in [-0.25, -0.2) is 4.79 Å². The Morgan fingerprint density at radius 1 is 1.24 bits per heavy atom. The van der Waals surface area contributed by atoms with Crippen LogP contribution in [-0.4, -0.2) is 27.9 Å². The van der Waals surface area contributed by atoms with E-state index in [1.807, 2.05) is 6.07 Å². The van der Waals surface area contributed by atoms with Crippen molar-refractivity contribution in [3.63, 3.8) is 0 Å². The van der Waals surface area contributed by atoms with Crippen molar-refractivity contribution in [3.05, 3.63) is 52.2 Å². The molecule has 6 nitrogen and oxygen atoms in total. The Kier molecular flexibility index (Phi) is 5.18. The number of aliphatic carboxylic acids is 2. The fraction of sp³-hybridized carbons (Fsp3) is 0.263. The summed E-state index contributed by atoms with van der Waals surface area (Å²) in [4.78, 5) is 27.8. The highest BCUT2D eigenvalue weighted by atomic mass is 16.4. The number of hydrogen-bond acceptors (Lipinski definition) is 4. The zero-order valence-electron chi connectivity index (χ0n) is 14.1. The van der Waals surface area contributed by atoms with Crippen molar-refractivity contribution in [1.29, 1.82) is 5.26 Å². The molecule has 1 aliphatic heterocycles. The standard InChI is InChI=1S/C19H18N2O4/c1-10(9-20)8-13-6-4-5-7-14(13)17-15(18(22)23)11(2)21-12(3)16(17)19(24)25/h4-8,15,17H,1-3H3,(H,22,23)(H,24,25). The fourth-order valence-electron chi connectivity index (χ4n) is 3.16. The molecule has 2 atom stereocenters. The van der Waals surface area contributed by atoms with Crippen LogP contribution in [0.2, 0.25) is 0 Å². The van der Waals surface area contributed by atoms with E-state index in [1.54, 1.807) is 51.1 Å². The minimum absolute atomic E-state index is 0.0338. The van der Waals surface area contributed by atoms with E-state index in [0.717, 1.165) is 0 Å². The molecular formula is C19H18N2O4. The average Bonchev–Trinajstić information content (AvgIpc) is 2.53. The summed E-state index contributed by atoms with van der Waals surface area (Å²) in [6, 6.07) is 8.95. The van der Waals surface area contributed by atoms with E-state index in [9.17, 15) is 19.8 Å². The largest absolute Gasteiger partial charge is 0.481 e. The number of rotatable bonds is 4. The first kappa shape index (κ1) is 18.1. The van der Waals surface area contributed by atoms with E-state index < -0.39 is 23.8 Å². The minimum Gasteiger partial charge on any atom is -0.481 e. The maximum Gasteiger partial charge on any atom is 0.334 e. The lowest BCUT2D eigenvalue weighted by Crippen LogP contribution is -2.35. The third-order valence-electron chi connectivity index (χ3n) is 4.20. The van der Waals surface area contributed by atoms with Gasteiger partial charge in [-0.2, -0.15) is 5.26 Å². The molecule has 0 aromatic heterocycles. The van der Waals surface area contributed by atoms with Crippen molar-refractivity contribution in [2.75, 3.05) is 0 Å². The van der Waals surface area contributed by atoms with Gasteiger partial charge in [0.05, 0.1) is 11.6 Å². The molecule has 25 heavy (non-hydrogen) atoms. The highest BCUT2D eigenvalue weighted by molar-refractivity contribution is 6.06. The Morgan fingerprint density at radius 2 is 1.88 bits per heavy atom. The van der Waals surface area contributed by atoms with Crippen molar-refractivity contribution >= 4 is 23.7 Å². The van der Waals surface area contributed by atoms with Gasteiger partial charge in [-0.1, -0.05) is 24.3 Å². The zero-order chi connectivity index (χ0) is 18.7. The number of hydrogen-bond donors (Lipinski definition) is 2. The molecule has 0 amide bonds. The SMILES string of the molecule is CC(C#N)=Cc1ccccc1C1C(C(=O)O)=C(C)N=C(C)C1C(=O)O. The Balaban J connectivity index is 2.77. The molecule has 0 aliphatic carbocycles. The third-order valence-corrected chi connectivity index (χ3v) is 4.20. The highest BCUT2D eigenvalue weighted by Crippen LogP contribution is 2.40. The van der Waals surface area contributed by atoms with Crippen LogP contribution in [0.5, 0.6) is 0 Å². The van der Waals surface area contributed by atoms with Crippen LogP contribution in [-0.2, 0) is 9.59 Å². The van der Waals surface area contributed by atoms with E-state index in [-0.39, 0.29) is 5.57 Å². The summed E-state index contributed by atoms with van der Waals surface area (Å²) >= 11 is 0. The molecule has 2 unspecified atom stereocenters. The fourth-order valence-corrected chi connectivity index (χ4v) is 3.16. The molecular weight excluding hydrogens is 320 g/mol. The Bertz CT molecular complexity index is 872. The summed E-state index contributed by atoms with van der Waals surface area (Å²) in [6.07, 6.45) is 1.63. The molecule has 0 radical (unpaired) electrons. The van der Waals surface area contributed by atoms with Gasteiger partial charge in [-0.3, -0.25) is 9.79 Å². The van der Waals surface area contributed by atoms with Gasteiger partial charge in [0.25, 0.3) is 0 Å². The van der Waals surface area contributed by atoms with Crippen molar-refractivity contribution in [1.82, 2.24) is 0 Å². The molecule has 0 bridgehead atoms. The van der Waals surface area contributed by atoms with Gasteiger partial charge in [0, 0.05) is 22.9 Å². The van der Waals surface area contributed by atoms with E-state index in [0.29, 0.717) is 28.1 Å². The average molecular weight is 338 g/mol. The van der Waals surface area contributed by atoms with Crippen LogP contribution in [0.4, 0.5) is 0 Å². The molecule has 1 aromatic rings. The monoisotopic (exact) mass is 338 g/mol. The number of carbonyl (C=O) groups is 2.